The summed E-state index contributed by atoms with van der Waals surface area (Å²) in [5.41, 5.74) is 1.62. The van der Waals surface area contributed by atoms with E-state index >= 15 is 0 Å². The fraction of sp³-hybridized carbons (Fsp3) is 0.353. The van der Waals surface area contributed by atoms with E-state index in [1.165, 1.54) is 0 Å². The summed E-state index contributed by atoms with van der Waals surface area (Å²) < 4.78 is 7.11. The molecule has 0 atom stereocenters. The third-order valence-corrected chi connectivity index (χ3v) is 3.90. The second-order valence-corrected chi connectivity index (χ2v) is 5.57. The number of rotatable bonds is 7. The van der Waals surface area contributed by atoms with Gasteiger partial charge in [0.1, 0.15) is 0 Å². The van der Waals surface area contributed by atoms with Gasteiger partial charge in [0.2, 0.25) is 0 Å². The predicted molar refractivity (Wildman–Crippen MR) is 88.1 cm³/mol. The van der Waals surface area contributed by atoms with Crippen LogP contribution in [-0.4, -0.2) is 35.6 Å². The molecule has 4 nitrogen and oxygen atoms in total. The van der Waals surface area contributed by atoms with Gasteiger partial charge in [0, 0.05) is 39.2 Å². The molecule has 1 aromatic heterocycles. The van der Waals surface area contributed by atoms with E-state index in [2.05, 4.69) is 0 Å². The van der Waals surface area contributed by atoms with Crippen molar-refractivity contribution in [2.45, 2.75) is 13.0 Å². The molecule has 118 valence electrons. The van der Waals surface area contributed by atoms with E-state index in [0.29, 0.717) is 30.3 Å². The molecule has 0 saturated heterocycles. The predicted octanol–water partition coefficient (Wildman–Crippen LogP) is 3.36. The maximum absolute atomic E-state index is 12.8. The van der Waals surface area contributed by atoms with Gasteiger partial charge in [-0.3, -0.25) is 4.79 Å². The number of aromatic nitrogens is 1. The zero-order valence-corrected chi connectivity index (χ0v) is 13.7. The number of carbonyl (C=O) groups excluding carboxylic acids is 1. The first-order chi connectivity index (χ1) is 10.6. The van der Waals surface area contributed by atoms with Crippen molar-refractivity contribution in [2.75, 3.05) is 20.3 Å². The molecule has 0 unspecified atom stereocenters. The molecule has 0 radical (unpaired) electrons. The zero-order chi connectivity index (χ0) is 15.9. The van der Waals surface area contributed by atoms with Crippen LogP contribution in [0, 0.1) is 0 Å². The largest absolute Gasteiger partial charge is 0.385 e. The van der Waals surface area contributed by atoms with Gasteiger partial charge in [-0.25, -0.2) is 0 Å². The maximum Gasteiger partial charge on any atom is 0.255 e. The molecule has 0 fully saturated rings. The van der Waals surface area contributed by atoms with Gasteiger partial charge in [-0.15, -0.1) is 0 Å². The van der Waals surface area contributed by atoms with Crippen LogP contribution in [-0.2, 0) is 18.3 Å². The van der Waals surface area contributed by atoms with Gasteiger partial charge in [-0.05, 0) is 30.7 Å². The summed E-state index contributed by atoms with van der Waals surface area (Å²) in [4.78, 5) is 14.6. The topological polar surface area (TPSA) is 34.5 Å². The van der Waals surface area contributed by atoms with Crippen LogP contribution in [0.1, 0.15) is 22.5 Å². The Kier molecular flexibility index (Phi) is 6.04. The standard InChI is InChI=1S/C17H21ClN2O2/c1-19-10-5-7-14(19)13-20(11-6-12-22-2)17(21)15-8-3-4-9-16(15)18/h3-5,7-10H,6,11-13H2,1-2H3. The summed E-state index contributed by atoms with van der Waals surface area (Å²) in [6.45, 7) is 1.81. The van der Waals surface area contributed by atoms with Crippen molar-refractivity contribution in [3.63, 3.8) is 0 Å². The quantitative estimate of drug-likeness (QED) is 0.733. The van der Waals surface area contributed by atoms with Crippen molar-refractivity contribution in [3.05, 3.63) is 58.9 Å². The number of aryl methyl sites for hydroxylation is 1. The van der Waals surface area contributed by atoms with Crippen molar-refractivity contribution in [1.29, 1.82) is 0 Å². The fourth-order valence-corrected chi connectivity index (χ4v) is 2.53. The van der Waals surface area contributed by atoms with E-state index < -0.39 is 0 Å². The van der Waals surface area contributed by atoms with Gasteiger partial charge >= 0.3 is 0 Å². The van der Waals surface area contributed by atoms with Crippen LogP contribution in [0.15, 0.2) is 42.6 Å². The zero-order valence-electron chi connectivity index (χ0n) is 13.0. The lowest BCUT2D eigenvalue weighted by molar-refractivity contribution is 0.0720. The lowest BCUT2D eigenvalue weighted by Gasteiger charge is -2.23. The Balaban J connectivity index is 2.18. The van der Waals surface area contributed by atoms with Crippen LogP contribution in [0.5, 0.6) is 0 Å². The van der Waals surface area contributed by atoms with Crippen molar-refractivity contribution in [1.82, 2.24) is 9.47 Å². The summed E-state index contributed by atoms with van der Waals surface area (Å²) in [6, 6.07) is 11.1. The Labute approximate surface area is 136 Å². The smallest absolute Gasteiger partial charge is 0.255 e. The number of hydrogen-bond acceptors (Lipinski definition) is 2. The highest BCUT2D eigenvalue weighted by Crippen LogP contribution is 2.18. The minimum Gasteiger partial charge on any atom is -0.385 e. The van der Waals surface area contributed by atoms with E-state index in [1.807, 2.05) is 47.0 Å². The number of nitrogens with zero attached hydrogens (tertiary/aromatic N) is 2. The SMILES string of the molecule is COCCCN(Cc1cccn1C)C(=O)c1ccccc1Cl. The van der Waals surface area contributed by atoms with Crippen LogP contribution in [0.25, 0.3) is 0 Å². The van der Waals surface area contributed by atoms with Gasteiger partial charge in [-0.1, -0.05) is 23.7 Å². The van der Waals surface area contributed by atoms with Gasteiger partial charge in [0.25, 0.3) is 5.91 Å². The van der Waals surface area contributed by atoms with Crippen molar-refractivity contribution in [2.24, 2.45) is 7.05 Å². The van der Waals surface area contributed by atoms with Gasteiger partial charge < -0.3 is 14.2 Å². The molecular formula is C17H21ClN2O2. The number of methoxy groups -OCH3 is 1. The number of ether oxygens (including phenoxy) is 1. The van der Waals surface area contributed by atoms with Crippen molar-refractivity contribution in [3.8, 4) is 0 Å². The molecule has 0 N–H and O–H groups in total. The molecule has 0 spiro atoms. The van der Waals surface area contributed by atoms with E-state index in [1.54, 1.807) is 19.2 Å². The minimum absolute atomic E-state index is 0.0529. The summed E-state index contributed by atoms with van der Waals surface area (Å²) in [5.74, 6) is -0.0529. The molecule has 2 rings (SSSR count). The summed E-state index contributed by atoms with van der Waals surface area (Å²) in [7, 11) is 3.64. The Bertz CT molecular complexity index is 625. The molecule has 0 saturated carbocycles. The first kappa shape index (κ1) is 16.6. The van der Waals surface area contributed by atoms with Crippen LogP contribution in [0.4, 0.5) is 0 Å². The average molecular weight is 321 g/mol. The molecule has 1 heterocycles. The van der Waals surface area contributed by atoms with E-state index in [0.717, 1.165) is 12.1 Å². The lowest BCUT2D eigenvalue weighted by atomic mass is 10.2. The summed E-state index contributed by atoms with van der Waals surface area (Å²) in [6.07, 6.45) is 2.76. The highest BCUT2D eigenvalue weighted by Gasteiger charge is 2.19. The van der Waals surface area contributed by atoms with Crippen LogP contribution >= 0.6 is 11.6 Å². The summed E-state index contributed by atoms with van der Waals surface area (Å²) >= 11 is 6.16. The lowest BCUT2D eigenvalue weighted by Crippen LogP contribution is -2.33. The molecule has 5 heteroatoms. The number of hydrogen-bond donors (Lipinski definition) is 0. The molecule has 1 aromatic carbocycles. The minimum atomic E-state index is -0.0529. The molecule has 0 aliphatic heterocycles. The Morgan fingerprint density at radius 2 is 2.05 bits per heavy atom. The normalized spacial score (nSPS) is 10.7. The van der Waals surface area contributed by atoms with E-state index in [9.17, 15) is 4.79 Å². The number of halogens is 1. The first-order valence-electron chi connectivity index (χ1n) is 7.26. The van der Waals surface area contributed by atoms with Gasteiger partial charge in [0.15, 0.2) is 0 Å². The van der Waals surface area contributed by atoms with Crippen molar-refractivity contribution >= 4 is 17.5 Å². The molecule has 0 aliphatic carbocycles. The second kappa shape index (κ2) is 8.01. The molecule has 0 bridgehead atoms. The van der Waals surface area contributed by atoms with E-state index in [4.69, 9.17) is 16.3 Å². The first-order valence-corrected chi connectivity index (χ1v) is 7.64. The van der Waals surface area contributed by atoms with Crippen LogP contribution in [0.3, 0.4) is 0 Å². The molecule has 0 aliphatic rings. The highest BCUT2D eigenvalue weighted by molar-refractivity contribution is 6.33. The fourth-order valence-electron chi connectivity index (χ4n) is 2.31. The Hall–Kier alpha value is -1.78. The molecule has 1 amide bonds. The van der Waals surface area contributed by atoms with Crippen LogP contribution in [0.2, 0.25) is 5.02 Å². The Morgan fingerprint density at radius 3 is 2.68 bits per heavy atom. The monoisotopic (exact) mass is 320 g/mol. The van der Waals surface area contributed by atoms with Crippen LogP contribution < -0.4 is 0 Å². The average Bonchev–Trinajstić information content (AvgIpc) is 2.91. The number of carbonyl (C=O) groups is 1. The maximum atomic E-state index is 12.8. The number of benzene rings is 1. The van der Waals surface area contributed by atoms with Crippen molar-refractivity contribution < 1.29 is 9.53 Å². The Morgan fingerprint density at radius 1 is 1.27 bits per heavy atom. The molecule has 22 heavy (non-hydrogen) atoms. The molecule has 2 aromatic rings. The third kappa shape index (κ3) is 4.12. The molecular weight excluding hydrogens is 300 g/mol. The van der Waals surface area contributed by atoms with Gasteiger partial charge in [-0.2, -0.15) is 0 Å². The third-order valence-electron chi connectivity index (χ3n) is 3.57. The number of amides is 1. The van der Waals surface area contributed by atoms with Gasteiger partial charge in [0.05, 0.1) is 17.1 Å². The van der Waals surface area contributed by atoms with E-state index in [-0.39, 0.29) is 5.91 Å². The summed E-state index contributed by atoms with van der Waals surface area (Å²) in [5, 5.41) is 0.483. The second-order valence-electron chi connectivity index (χ2n) is 5.16. The highest BCUT2D eigenvalue weighted by atomic mass is 35.5.